The molecule has 4 heteroatoms. The van der Waals surface area contributed by atoms with Crippen molar-refractivity contribution >= 4 is 0 Å². The summed E-state index contributed by atoms with van der Waals surface area (Å²) >= 11 is 0. The van der Waals surface area contributed by atoms with Crippen LogP contribution in [0.1, 0.15) is 155 Å². The predicted octanol–water partition coefficient (Wildman–Crippen LogP) is 3.77. The molecular formula is C32H70Cl2N2. The molecule has 0 bridgehead atoms. The van der Waals surface area contributed by atoms with Gasteiger partial charge in [0, 0.05) is 0 Å². The molecule has 0 rings (SSSR count). The average molecular weight is 554 g/mol. The lowest BCUT2D eigenvalue weighted by atomic mass is 10.1. The third-order valence-electron chi connectivity index (χ3n) is 8.01. The van der Waals surface area contributed by atoms with Crippen molar-refractivity contribution in [3.63, 3.8) is 0 Å². The molecule has 0 radical (unpaired) electrons. The van der Waals surface area contributed by atoms with E-state index in [4.69, 9.17) is 0 Å². The van der Waals surface area contributed by atoms with Crippen molar-refractivity contribution in [3.8, 4) is 0 Å². The van der Waals surface area contributed by atoms with Crippen LogP contribution in [0.3, 0.4) is 0 Å². The van der Waals surface area contributed by atoms with E-state index in [2.05, 4.69) is 42.0 Å². The number of halogens is 2. The van der Waals surface area contributed by atoms with E-state index < -0.39 is 0 Å². The van der Waals surface area contributed by atoms with Crippen molar-refractivity contribution in [2.75, 3.05) is 54.4 Å². The smallest absolute Gasteiger partial charge is 0.0782 e. The second kappa shape index (κ2) is 28.5. The molecule has 222 valence electrons. The van der Waals surface area contributed by atoms with Crippen molar-refractivity contribution in [1.82, 2.24) is 0 Å². The Kier molecular flexibility index (Phi) is 32.5. The van der Waals surface area contributed by atoms with Crippen molar-refractivity contribution in [1.29, 1.82) is 0 Å². The summed E-state index contributed by atoms with van der Waals surface area (Å²) in [7, 11) is 9.81. The van der Waals surface area contributed by atoms with Crippen LogP contribution in [-0.2, 0) is 0 Å². The summed E-state index contributed by atoms with van der Waals surface area (Å²) in [6.45, 7) is 10.1. The normalized spacial score (nSPS) is 11.8. The van der Waals surface area contributed by atoms with Gasteiger partial charge in [0.2, 0.25) is 0 Å². The molecule has 2 nitrogen and oxygen atoms in total. The Bertz CT molecular complexity index is 375. The Hall–Kier alpha value is 0.500. The van der Waals surface area contributed by atoms with E-state index >= 15 is 0 Å². The van der Waals surface area contributed by atoms with Gasteiger partial charge < -0.3 is 33.8 Å². The number of rotatable bonds is 27. The molecule has 0 N–H and O–H groups in total. The van der Waals surface area contributed by atoms with Gasteiger partial charge in [0.15, 0.2) is 0 Å². The van der Waals surface area contributed by atoms with E-state index in [-0.39, 0.29) is 24.8 Å². The fraction of sp³-hybridized carbons (Fsp3) is 1.00. The Labute approximate surface area is 242 Å². The number of nitrogens with zero attached hydrogens (tertiary/aromatic N) is 2. The Morgan fingerprint density at radius 1 is 0.278 bits per heavy atom. The minimum absolute atomic E-state index is 0. The van der Waals surface area contributed by atoms with E-state index in [1.54, 1.807) is 0 Å². The molecule has 0 aliphatic rings. The average Bonchev–Trinajstić information content (AvgIpc) is 2.79. The first kappa shape index (κ1) is 41.0. The molecular weight excluding hydrogens is 483 g/mol. The second-order valence-electron chi connectivity index (χ2n) is 12.8. The van der Waals surface area contributed by atoms with Crippen LogP contribution < -0.4 is 24.8 Å². The maximum atomic E-state index is 2.45. The zero-order valence-electron chi connectivity index (χ0n) is 26.0. The summed E-state index contributed by atoms with van der Waals surface area (Å²) in [4.78, 5) is 0. The molecule has 0 unspecified atom stereocenters. The van der Waals surface area contributed by atoms with Crippen LogP contribution in [-0.4, -0.2) is 63.3 Å². The van der Waals surface area contributed by atoms with Gasteiger partial charge in [0.1, 0.15) is 0 Å². The summed E-state index contributed by atoms with van der Waals surface area (Å²) in [5, 5.41) is 0. The van der Waals surface area contributed by atoms with E-state index in [0.29, 0.717) is 0 Å². The third kappa shape index (κ3) is 30.7. The van der Waals surface area contributed by atoms with Crippen LogP contribution in [0.4, 0.5) is 0 Å². The van der Waals surface area contributed by atoms with Crippen LogP contribution in [0.5, 0.6) is 0 Å². The molecule has 0 aliphatic carbocycles. The predicted molar refractivity (Wildman–Crippen MR) is 157 cm³/mol. The molecule has 36 heavy (non-hydrogen) atoms. The first-order valence-electron chi connectivity index (χ1n) is 16.0. The highest BCUT2D eigenvalue weighted by Crippen LogP contribution is 2.14. The van der Waals surface area contributed by atoms with Gasteiger partial charge in [-0.05, 0) is 51.4 Å². The largest absolute Gasteiger partial charge is 1.00 e. The number of quaternary nitrogens is 2. The lowest BCUT2D eigenvalue weighted by Crippen LogP contribution is -3.00. The highest BCUT2D eigenvalue weighted by Gasteiger charge is 2.15. The molecule has 0 atom stereocenters. The molecule has 0 heterocycles. The first-order chi connectivity index (χ1) is 16.3. The monoisotopic (exact) mass is 552 g/mol. The van der Waals surface area contributed by atoms with Crippen molar-refractivity contribution < 1.29 is 33.8 Å². The number of hydrogen-bond donors (Lipinski definition) is 0. The maximum absolute atomic E-state index is 2.45. The highest BCUT2D eigenvalue weighted by atomic mass is 35.5. The second-order valence-corrected chi connectivity index (χ2v) is 12.8. The Morgan fingerprint density at radius 3 is 0.639 bits per heavy atom. The molecule has 0 amide bonds. The SMILES string of the molecule is CCCCCCCCCC[N+](C)(C)CCCCCCCC[N+](C)(C)CCCCCCCCCC.[Cl-].[Cl-]. The van der Waals surface area contributed by atoms with Gasteiger partial charge in [0.05, 0.1) is 54.4 Å². The Morgan fingerprint density at radius 2 is 0.444 bits per heavy atom. The van der Waals surface area contributed by atoms with Crippen LogP contribution in [0.15, 0.2) is 0 Å². The summed E-state index contributed by atoms with van der Waals surface area (Å²) in [6, 6.07) is 0. The topological polar surface area (TPSA) is 0 Å². The standard InChI is InChI=1S/C32H70N2.2ClH/c1-7-9-11-13-15-17-21-25-29-33(3,4)31-27-23-19-20-24-28-32-34(5,6)30-26-22-18-16-14-12-10-8-2;;/h7-32H2,1-6H3;2*1H/q+2;;/p-2. The number of hydrogen-bond acceptors (Lipinski definition) is 0. The van der Waals surface area contributed by atoms with Gasteiger partial charge in [0.25, 0.3) is 0 Å². The third-order valence-corrected chi connectivity index (χ3v) is 8.01. The molecule has 0 aliphatic heterocycles. The van der Waals surface area contributed by atoms with Crippen LogP contribution in [0.2, 0.25) is 0 Å². The van der Waals surface area contributed by atoms with Gasteiger partial charge in [-0.25, -0.2) is 0 Å². The first-order valence-corrected chi connectivity index (χ1v) is 16.0. The lowest BCUT2D eigenvalue weighted by Gasteiger charge is -2.30. The van der Waals surface area contributed by atoms with Crippen LogP contribution >= 0.6 is 0 Å². The summed E-state index contributed by atoms with van der Waals surface area (Å²) in [5.74, 6) is 0. The van der Waals surface area contributed by atoms with E-state index in [9.17, 15) is 0 Å². The van der Waals surface area contributed by atoms with Crippen molar-refractivity contribution in [3.05, 3.63) is 0 Å². The lowest BCUT2D eigenvalue weighted by molar-refractivity contribution is -0.890. The summed E-state index contributed by atoms with van der Waals surface area (Å²) in [6.07, 6.45) is 31.6. The highest BCUT2D eigenvalue weighted by molar-refractivity contribution is 4.50. The van der Waals surface area contributed by atoms with Gasteiger partial charge >= 0.3 is 0 Å². The minimum atomic E-state index is 0. The zero-order chi connectivity index (χ0) is 25.4. The number of unbranched alkanes of at least 4 members (excludes halogenated alkanes) is 19. The Balaban J connectivity index is -0.00000544. The van der Waals surface area contributed by atoms with Gasteiger partial charge in [-0.3, -0.25) is 0 Å². The molecule has 0 aromatic rings. The fourth-order valence-corrected chi connectivity index (χ4v) is 5.36. The fourth-order valence-electron chi connectivity index (χ4n) is 5.36. The van der Waals surface area contributed by atoms with Gasteiger partial charge in [-0.15, -0.1) is 0 Å². The molecule has 0 fully saturated rings. The van der Waals surface area contributed by atoms with E-state index in [0.717, 1.165) is 0 Å². The van der Waals surface area contributed by atoms with Crippen LogP contribution in [0.25, 0.3) is 0 Å². The molecule has 0 saturated carbocycles. The van der Waals surface area contributed by atoms with Gasteiger partial charge in [-0.2, -0.15) is 0 Å². The maximum Gasteiger partial charge on any atom is 0.0782 e. The van der Waals surface area contributed by atoms with E-state index in [1.165, 1.54) is 176 Å². The molecule has 0 aromatic carbocycles. The minimum Gasteiger partial charge on any atom is -1.00 e. The summed E-state index contributed by atoms with van der Waals surface area (Å²) in [5.41, 5.74) is 0. The quantitative estimate of drug-likeness (QED) is 0.107. The van der Waals surface area contributed by atoms with Crippen molar-refractivity contribution in [2.24, 2.45) is 0 Å². The molecule has 0 saturated heterocycles. The summed E-state index contributed by atoms with van der Waals surface area (Å²) < 4.78 is 2.47. The molecule has 0 aromatic heterocycles. The molecule has 0 spiro atoms. The van der Waals surface area contributed by atoms with E-state index in [1.807, 2.05) is 0 Å². The van der Waals surface area contributed by atoms with Crippen LogP contribution in [0, 0.1) is 0 Å². The van der Waals surface area contributed by atoms with Gasteiger partial charge in [-0.1, -0.05) is 104 Å². The van der Waals surface area contributed by atoms with Crippen molar-refractivity contribution in [2.45, 2.75) is 155 Å². The zero-order valence-corrected chi connectivity index (χ0v) is 27.5.